The summed E-state index contributed by atoms with van der Waals surface area (Å²) in [6.45, 7) is 1.88. The summed E-state index contributed by atoms with van der Waals surface area (Å²) < 4.78 is 21.1. The maximum absolute atomic E-state index is 12.4. The number of allylic oxidation sites excluding steroid dienone is 1. The van der Waals surface area contributed by atoms with Gasteiger partial charge in [0.15, 0.2) is 11.5 Å². The fraction of sp³-hybridized carbons (Fsp3) is 0.211. The number of carbonyl (C=O) groups excluding carboxylic acids is 1. The Morgan fingerprint density at radius 3 is 2.12 bits per heavy atom. The minimum Gasteiger partial charge on any atom is -0.497 e. The van der Waals surface area contributed by atoms with Crippen molar-refractivity contribution in [1.82, 2.24) is 0 Å². The number of carbonyl (C=O) groups is 1. The van der Waals surface area contributed by atoms with E-state index in [0.29, 0.717) is 28.6 Å². The highest BCUT2D eigenvalue weighted by molar-refractivity contribution is 5.93. The number of methoxy groups -OCH3 is 3. The SMILES string of the molecule is C/C=C/c1cc(C(=O)Oc2ccc(OC)cc2)cc(OC)c1OC. The van der Waals surface area contributed by atoms with Gasteiger partial charge in [-0.15, -0.1) is 0 Å². The Bertz CT molecular complexity index is 732. The first kappa shape index (κ1) is 17.4. The summed E-state index contributed by atoms with van der Waals surface area (Å²) in [7, 11) is 4.66. The molecule has 0 spiro atoms. The molecule has 0 unspecified atom stereocenters. The Morgan fingerprint density at radius 2 is 1.58 bits per heavy atom. The van der Waals surface area contributed by atoms with Crippen molar-refractivity contribution in [2.45, 2.75) is 6.92 Å². The molecule has 0 bridgehead atoms. The van der Waals surface area contributed by atoms with Crippen molar-refractivity contribution in [3.63, 3.8) is 0 Å². The van der Waals surface area contributed by atoms with Gasteiger partial charge in [-0.2, -0.15) is 0 Å². The summed E-state index contributed by atoms with van der Waals surface area (Å²) in [5.41, 5.74) is 1.11. The van der Waals surface area contributed by atoms with Crippen molar-refractivity contribution >= 4 is 12.0 Å². The molecule has 0 heterocycles. The molecule has 0 N–H and O–H groups in total. The Morgan fingerprint density at radius 1 is 0.917 bits per heavy atom. The molecule has 0 atom stereocenters. The van der Waals surface area contributed by atoms with Crippen LogP contribution in [-0.4, -0.2) is 27.3 Å². The third kappa shape index (κ3) is 3.87. The lowest BCUT2D eigenvalue weighted by Gasteiger charge is -2.13. The van der Waals surface area contributed by atoms with E-state index in [1.807, 2.05) is 19.1 Å². The zero-order valence-electron chi connectivity index (χ0n) is 14.2. The highest BCUT2D eigenvalue weighted by atomic mass is 16.5. The van der Waals surface area contributed by atoms with Crippen molar-refractivity contribution in [3.8, 4) is 23.0 Å². The van der Waals surface area contributed by atoms with Crippen LogP contribution in [0.15, 0.2) is 42.5 Å². The van der Waals surface area contributed by atoms with Crippen LogP contribution in [0.2, 0.25) is 0 Å². The number of benzene rings is 2. The van der Waals surface area contributed by atoms with E-state index in [9.17, 15) is 4.79 Å². The molecular weight excluding hydrogens is 308 g/mol. The van der Waals surface area contributed by atoms with E-state index in [0.717, 1.165) is 5.56 Å². The van der Waals surface area contributed by atoms with Crippen molar-refractivity contribution in [2.75, 3.05) is 21.3 Å². The largest absolute Gasteiger partial charge is 0.497 e. The zero-order chi connectivity index (χ0) is 17.5. The summed E-state index contributed by atoms with van der Waals surface area (Å²) in [6.07, 6.45) is 3.70. The number of rotatable bonds is 6. The fourth-order valence-corrected chi connectivity index (χ4v) is 2.22. The molecule has 2 rings (SSSR count). The molecule has 2 aromatic rings. The number of ether oxygens (including phenoxy) is 4. The molecule has 2 aromatic carbocycles. The summed E-state index contributed by atoms with van der Waals surface area (Å²) in [5, 5.41) is 0. The lowest BCUT2D eigenvalue weighted by molar-refractivity contribution is 0.0734. The van der Waals surface area contributed by atoms with E-state index in [2.05, 4.69) is 0 Å². The first-order valence-electron chi connectivity index (χ1n) is 7.37. The molecule has 126 valence electrons. The van der Waals surface area contributed by atoms with Gasteiger partial charge in [0.05, 0.1) is 26.9 Å². The molecular formula is C19H20O5. The van der Waals surface area contributed by atoms with Gasteiger partial charge in [-0.1, -0.05) is 12.2 Å². The topological polar surface area (TPSA) is 54.0 Å². The van der Waals surface area contributed by atoms with Crippen LogP contribution in [-0.2, 0) is 0 Å². The van der Waals surface area contributed by atoms with Gasteiger partial charge in [0.25, 0.3) is 0 Å². The molecule has 0 aliphatic rings. The molecule has 24 heavy (non-hydrogen) atoms. The van der Waals surface area contributed by atoms with E-state index in [-0.39, 0.29) is 0 Å². The monoisotopic (exact) mass is 328 g/mol. The summed E-state index contributed by atoms with van der Waals surface area (Å²) in [5.74, 6) is 1.68. The molecule has 5 nitrogen and oxygen atoms in total. The first-order valence-corrected chi connectivity index (χ1v) is 7.37. The lowest BCUT2D eigenvalue weighted by Crippen LogP contribution is -2.09. The smallest absolute Gasteiger partial charge is 0.343 e. The van der Waals surface area contributed by atoms with Crippen LogP contribution in [0.1, 0.15) is 22.8 Å². The predicted molar refractivity (Wildman–Crippen MR) is 92.2 cm³/mol. The van der Waals surface area contributed by atoms with Crippen molar-refractivity contribution in [2.24, 2.45) is 0 Å². The third-order valence-electron chi connectivity index (χ3n) is 3.36. The molecule has 0 aliphatic carbocycles. The Kier molecular flexibility index (Phi) is 5.84. The summed E-state index contributed by atoms with van der Waals surface area (Å²) in [4.78, 5) is 12.4. The maximum Gasteiger partial charge on any atom is 0.343 e. The van der Waals surface area contributed by atoms with Gasteiger partial charge < -0.3 is 18.9 Å². The maximum atomic E-state index is 12.4. The number of hydrogen-bond acceptors (Lipinski definition) is 5. The second-order valence-electron chi connectivity index (χ2n) is 4.87. The second kappa shape index (κ2) is 8.06. The molecule has 0 amide bonds. The highest BCUT2D eigenvalue weighted by Gasteiger charge is 2.16. The zero-order valence-corrected chi connectivity index (χ0v) is 14.2. The minimum absolute atomic E-state index is 0.372. The van der Waals surface area contributed by atoms with Gasteiger partial charge in [-0.25, -0.2) is 4.79 Å². The molecule has 5 heteroatoms. The molecule has 0 saturated carbocycles. The molecule has 0 aliphatic heterocycles. The van der Waals surface area contributed by atoms with Gasteiger partial charge >= 0.3 is 5.97 Å². The summed E-state index contributed by atoms with van der Waals surface area (Å²) in [6, 6.07) is 10.1. The average Bonchev–Trinajstić information content (AvgIpc) is 2.61. The molecule has 0 radical (unpaired) electrons. The average molecular weight is 328 g/mol. The summed E-state index contributed by atoms with van der Waals surface area (Å²) >= 11 is 0. The second-order valence-corrected chi connectivity index (χ2v) is 4.87. The first-order chi connectivity index (χ1) is 11.6. The van der Waals surface area contributed by atoms with E-state index < -0.39 is 5.97 Å². The van der Waals surface area contributed by atoms with E-state index in [1.165, 1.54) is 7.11 Å². The Hall–Kier alpha value is -2.95. The van der Waals surface area contributed by atoms with E-state index in [4.69, 9.17) is 18.9 Å². The standard InChI is InChI=1S/C19H20O5/c1-5-6-13-11-14(12-17(22-3)18(13)23-4)19(20)24-16-9-7-15(21-2)8-10-16/h5-12H,1-4H3/b6-5+. The van der Waals surface area contributed by atoms with E-state index in [1.54, 1.807) is 50.6 Å². The van der Waals surface area contributed by atoms with Crippen molar-refractivity contribution in [1.29, 1.82) is 0 Å². The van der Waals surface area contributed by atoms with Crippen LogP contribution >= 0.6 is 0 Å². The third-order valence-corrected chi connectivity index (χ3v) is 3.36. The van der Waals surface area contributed by atoms with Crippen LogP contribution in [0.25, 0.3) is 6.08 Å². The Balaban J connectivity index is 2.32. The fourth-order valence-electron chi connectivity index (χ4n) is 2.22. The molecule has 0 saturated heterocycles. The normalized spacial score (nSPS) is 10.5. The van der Waals surface area contributed by atoms with Gasteiger partial charge in [0.2, 0.25) is 0 Å². The van der Waals surface area contributed by atoms with Crippen LogP contribution < -0.4 is 18.9 Å². The molecule has 0 fully saturated rings. The van der Waals surface area contributed by atoms with Crippen LogP contribution in [0, 0.1) is 0 Å². The quantitative estimate of drug-likeness (QED) is 0.593. The van der Waals surface area contributed by atoms with Crippen molar-refractivity contribution < 1.29 is 23.7 Å². The van der Waals surface area contributed by atoms with Crippen LogP contribution in [0.5, 0.6) is 23.0 Å². The van der Waals surface area contributed by atoms with Gasteiger partial charge in [0, 0.05) is 5.56 Å². The van der Waals surface area contributed by atoms with Gasteiger partial charge in [0.1, 0.15) is 11.5 Å². The molecule has 0 aromatic heterocycles. The van der Waals surface area contributed by atoms with E-state index >= 15 is 0 Å². The number of hydrogen-bond donors (Lipinski definition) is 0. The minimum atomic E-state index is -0.480. The Labute approximate surface area is 141 Å². The highest BCUT2D eigenvalue weighted by Crippen LogP contribution is 2.34. The predicted octanol–water partition coefficient (Wildman–Crippen LogP) is 3.96. The van der Waals surface area contributed by atoms with Crippen LogP contribution in [0.4, 0.5) is 0 Å². The van der Waals surface area contributed by atoms with Gasteiger partial charge in [-0.05, 0) is 43.3 Å². The van der Waals surface area contributed by atoms with Gasteiger partial charge in [-0.3, -0.25) is 0 Å². The lowest BCUT2D eigenvalue weighted by atomic mass is 10.1. The number of esters is 1. The van der Waals surface area contributed by atoms with Crippen molar-refractivity contribution in [3.05, 3.63) is 53.6 Å². The van der Waals surface area contributed by atoms with Crippen LogP contribution in [0.3, 0.4) is 0 Å².